The molecule has 0 amide bonds. The maximum Gasteiger partial charge on any atom is 0.0661 e. The molecule has 0 aliphatic carbocycles. The predicted molar refractivity (Wildman–Crippen MR) is 65.5 cm³/mol. The first-order valence-electron chi connectivity index (χ1n) is 5.65. The minimum absolute atomic E-state index is 0.127. The van der Waals surface area contributed by atoms with E-state index in [4.69, 9.17) is 0 Å². The summed E-state index contributed by atoms with van der Waals surface area (Å²) in [5.74, 6) is 0. The van der Waals surface area contributed by atoms with Crippen LogP contribution in [0.15, 0.2) is 24.7 Å². The number of aromatic nitrogens is 2. The van der Waals surface area contributed by atoms with Crippen LogP contribution in [0.5, 0.6) is 0 Å². The quantitative estimate of drug-likeness (QED) is 0.858. The number of fused-ring (bicyclic) bond motifs is 1. The summed E-state index contributed by atoms with van der Waals surface area (Å²) < 4.78 is 2.14. The summed E-state index contributed by atoms with van der Waals surface area (Å²) in [6.07, 6.45) is 6.81. The number of hydrogen-bond acceptors (Lipinski definition) is 2. The Bertz CT molecular complexity index is 500. The summed E-state index contributed by atoms with van der Waals surface area (Å²) in [6.45, 7) is 6.33. The van der Waals surface area contributed by atoms with Crippen molar-refractivity contribution in [2.45, 2.75) is 32.7 Å². The van der Waals surface area contributed by atoms with Gasteiger partial charge in [-0.15, -0.1) is 0 Å². The highest BCUT2D eigenvalue weighted by molar-refractivity contribution is 5.83. The first-order valence-corrected chi connectivity index (χ1v) is 5.65. The van der Waals surface area contributed by atoms with Crippen molar-refractivity contribution in [3.8, 4) is 0 Å². The molecule has 2 heterocycles. The maximum atomic E-state index is 9.45. The second kappa shape index (κ2) is 3.91. The highest BCUT2D eigenvalue weighted by Gasteiger charge is 2.21. The summed E-state index contributed by atoms with van der Waals surface area (Å²) in [7, 11) is 0. The van der Waals surface area contributed by atoms with Gasteiger partial charge in [-0.1, -0.05) is 6.92 Å². The van der Waals surface area contributed by atoms with Crippen LogP contribution in [0.2, 0.25) is 0 Å². The van der Waals surface area contributed by atoms with Gasteiger partial charge < -0.3 is 9.67 Å². The van der Waals surface area contributed by atoms with Gasteiger partial charge in [-0.3, -0.25) is 4.98 Å². The lowest BCUT2D eigenvalue weighted by atomic mass is 10.1. The highest BCUT2D eigenvalue weighted by Crippen LogP contribution is 2.27. The summed E-state index contributed by atoms with van der Waals surface area (Å²) in [6, 6.07) is 2.01. The molecule has 0 unspecified atom stereocenters. The van der Waals surface area contributed by atoms with Crippen molar-refractivity contribution in [3.05, 3.63) is 30.2 Å². The molecule has 2 aromatic heterocycles. The molecular formula is C13H18N2O. The molecule has 16 heavy (non-hydrogen) atoms. The number of hydrogen-bond donors (Lipinski definition) is 1. The minimum atomic E-state index is -0.271. The van der Waals surface area contributed by atoms with Gasteiger partial charge in [0.15, 0.2) is 0 Å². The van der Waals surface area contributed by atoms with Crippen molar-refractivity contribution in [1.29, 1.82) is 0 Å². The molecule has 0 bridgehead atoms. The zero-order valence-electron chi connectivity index (χ0n) is 10.1. The van der Waals surface area contributed by atoms with Crippen molar-refractivity contribution in [3.63, 3.8) is 0 Å². The predicted octanol–water partition coefficient (Wildman–Crippen LogP) is 2.33. The third-order valence-electron chi connectivity index (χ3n) is 3.11. The second-order valence-corrected chi connectivity index (χ2v) is 4.74. The van der Waals surface area contributed by atoms with Gasteiger partial charge in [-0.05, 0) is 31.9 Å². The fraction of sp³-hybridized carbons (Fsp3) is 0.462. The number of nitrogens with zero attached hydrogens (tertiary/aromatic N) is 2. The van der Waals surface area contributed by atoms with Gasteiger partial charge in [0, 0.05) is 24.0 Å². The number of aryl methyl sites for hydroxylation is 1. The van der Waals surface area contributed by atoms with Crippen LogP contribution < -0.4 is 0 Å². The van der Waals surface area contributed by atoms with Crippen LogP contribution in [-0.2, 0) is 12.0 Å². The zero-order valence-corrected chi connectivity index (χ0v) is 10.1. The number of aliphatic hydroxyl groups is 1. The van der Waals surface area contributed by atoms with Crippen LogP contribution in [0.3, 0.4) is 0 Å². The molecule has 0 radical (unpaired) electrons. The fourth-order valence-electron chi connectivity index (χ4n) is 2.00. The molecule has 2 rings (SSSR count). The normalized spacial score (nSPS) is 12.2. The molecule has 1 N–H and O–H groups in total. The standard InChI is InChI=1S/C13H18N2O/c1-4-10-8-15(13(2,3)9-16)12-5-6-14-7-11(10)12/h5-8,16H,4,9H2,1-3H3. The Balaban J connectivity index is 2.71. The Hall–Kier alpha value is -1.35. The van der Waals surface area contributed by atoms with Crippen LogP contribution in [0.25, 0.3) is 10.9 Å². The van der Waals surface area contributed by atoms with E-state index >= 15 is 0 Å². The zero-order chi connectivity index (χ0) is 11.8. The summed E-state index contributed by atoms with van der Waals surface area (Å²) in [5.41, 5.74) is 2.16. The van der Waals surface area contributed by atoms with Gasteiger partial charge >= 0.3 is 0 Å². The molecule has 0 saturated carbocycles. The third kappa shape index (κ3) is 1.61. The minimum Gasteiger partial charge on any atom is -0.394 e. The lowest BCUT2D eigenvalue weighted by molar-refractivity contribution is 0.168. The molecule has 0 atom stereocenters. The van der Waals surface area contributed by atoms with Crippen molar-refractivity contribution in [1.82, 2.24) is 9.55 Å². The average Bonchev–Trinajstić information content (AvgIpc) is 2.68. The molecule has 0 aromatic carbocycles. The molecule has 3 heteroatoms. The Kier molecular flexibility index (Phi) is 2.72. The molecule has 0 spiro atoms. The van der Waals surface area contributed by atoms with Crippen molar-refractivity contribution in [2.24, 2.45) is 0 Å². The topological polar surface area (TPSA) is 38.0 Å². The molecule has 86 valence electrons. The molecular weight excluding hydrogens is 200 g/mol. The fourth-order valence-corrected chi connectivity index (χ4v) is 2.00. The van der Waals surface area contributed by atoms with E-state index in [1.54, 1.807) is 6.20 Å². The van der Waals surface area contributed by atoms with Gasteiger partial charge in [-0.25, -0.2) is 0 Å². The van der Waals surface area contributed by atoms with Crippen LogP contribution in [0.1, 0.15) is 26.3 Å². The van der Waals surface area contributed by atoms with E-state index in [2.05, 4.69) is 22.7 Å². The number of aliphatic hydroxyl groups excluding tert-OH is 1. The average molecular weight is 218 g/mol. The summed E-state index contributed by atoms with van der Waals surface area (Å²) in [5, 5.41) is 10.6. The lowest BCUT2D eigenvalue weighted by Gasteiger charge is -2.25. The van der Waals surface area contributed by atoms with E-state index in [-0.39, 0.29) is 12.1 Å². The highest BCUT2D eigenvalue weighted by atomic mass is 16.3. The molecule has 0 aliphatic rings. The van der Waals surface area contributed by atoms with E-state index in [1.165, 1.54) is 10.9 Å². The van der Waals surface area contributed by atoms with Crippen LogP contribution in [-0.4, -0.2) is 21.3 Å². The van der Waals surface area contributed by atoms with Gasteiger partial charge in [-0.2, -0.15) is 0 Å². The van der Waals surface area contributed by atoms with Gasteiger partial charge in [0.1, 0.15) is 0 Å². The van der Waals surface area contributed by atoms with Gasteiger partial charge in [0.05, 0.1) is 17.7 Å². The van der Waals surface area contributed by atoms with Crippen LogP contribution >= 0.6 is 0 Å². The monoisotopic (exact) mass is 218 g/mol. The molecule has 2 aromatic rings. The van der Waals surface area contributed by atoms with E-state index in [1.807, 2.05) is 26.1 Å². The molecule has 0 saturated heterocycles. The largest absolute Gasteiger partial charge is 0.394 e. The van der Waals surface area contributed by atoms with Crippen LogP contribution in [0, 0.1) is 0 Å². The van der Waals surface area contributed by atoms with E-state index in [0.29, 0.717) is 0 Å². The van der Waals surface area contributed by atoms with Crippen molar-refractivity contribution in [2.75, 3.05) is 6.61 Å². The number of rotatable bonds is 3. The van der Waals surface area contributed by atoms with E-state index < -0.39 is 0 Å². The first kappa shape index (κ1) is 11.1. The maximum absolute atomic E-state index is 9.45. The summed E-state index contributed by atoms with van der Waals surface area (Å²) >= 11 is 0. The Morgan fingerprint density at radius 1 is 1.44 bits per heavy atom. The SMILES string of the molecule is CCc1cn(C(C)(C)CO)c2ccncc12. The Morgan fingerprint density at radius 3 is 2.81 bits per heavy atom. The van der Waals surface area contributed by atoms with E-state index in [0.717, 1.165) is 11.9 Å². The molecule has 3 nitrogen and oxygen atoms in total. The summed E-state index contributed by atoms with van der Waals surface area (Å²) in [4.78, 5) is 4.17. The van der Waals surface area contributed by atoms with Crippen molar-refractivity contribution >= 4 is 10.9 Å². The lowest BCUT2D eigenvalue weighted by Crippen LogP contribution is -2.29. The first-order chi connectivity index (χ1) is 7.60. The van der Waals surface area contributed by atoms with Crippen LogP contribution in [0.4, 0.5) is 0 Å². The smallest absolute Gasteiger partial charge is 0.0661 e. The number of pyridine rings is 1. The van der Waals surface area contributed by atoms with E-state index in [9.17, 15) is 5.11 Å². The molecule has 0 aliphatic heterocycles. The third-order valence-corrected chi connectivity index (χ3v) is 3.11. The second-order valence-electron chi connectivity index (χ2n) is 4.74. The Morgan fingerprint density at radius 2 is 2.19 bits per heavy atom. The van der Waals surface area contributed by atoms with Crippen molar-refractivity contribution < 1.29 is 5.11 Å². The Labute approximate surface area is 95.7 Å². The van der Waals surface area contributed by atoms with Gasteiger partial charge in [0.2, 0.25) is 0 Å². The molecule has 0 fully saturated rings. The van der Waals surface area contributed by atoms with Gasteiger partial charge in [0.25, 0.3) is 0 Å².